The van der Waals surface area contributed by atoms with Crippen molar-refractivity contribution in [3.8, 4) is 5.69 Å². The summed E-state index contributed by atoms with van der Waals surface area (Å²) in [7, 11) is 1.79. The molecule has 2 aromatic rings. The van der Waals surface area contributed by atoms with Crippen molar-refractivity contribution in [2.24, 2.45) is 0 Å². The molecule has 1 aromatic carbocycles. The average Bonchev–Trinajstić information content (AvgIpc) is 2.97. The predicted molar refractivity (Wildman–Crippen MR) is 78.3 cm³/mol. The van der Waals surface area contributed by atoms with E-state index in [1.54, 1.807) is 24.2 Å². The van der Waals surface area contributed by atoms with Gasteiger partial charge >= 0.3 is 0 Å². The summed E-state index contributed by atoms with van der Waals surface area (Å²) in [5, 5.41) is 0. The summed E-state index contributed by atoms with van der Waals surface area (Å²) in [5.74, 6) is 0.924. The number of aromatic nitrogens is 2. The van der Waals surface area contributed by atoms with E-state index in [1.165, 1.54) is 0 Å². The number of aryl methyl sites for hydroxylation is 1. The molecule has 20 heavy (non-hydrogen) atoms. The second-order valence-corrected chi connectivity index (χ2v) is 4.98. The van der Waals surface area contributed by atoms with Gasteiger partial charge in [-0.05, 0) is 30.2 Å². The topological polar surface area (TPSA) is 64.2 Å². The van der Waals surface area contributed by atoms with Crippen molar-refractivity contribution < 1.29 is 4.79 Å². The molecule has 0 bridgehead atoms. The van der Waals surface area contributed by atoms with Gasteiger partial charge in [-0.25, -0.2) is 4.98 Å². The number of carbonyl (C=O) groups excluding carboxylic acids is 1. The van der Waals surface area contributed by atoms with Crippen molar-refractivity contribution in [3.63, 3.8) is 0 Å². The Labute approximate surface area is 117 Å². The Morgan fingerprint density at radius 3 is 2.70 bits per heavy atom. The van der Waals surface area contributed by atoms with Crippen molar-refractivity contribution in [1.29, 1.82) is 0 Å². The van der Waals surface area contributed by atoms with Gasteiger partial charge in [0.1, 0.15) is 5.82 Å². The second-order valence-electron chi connectivity index (χ2n) is 4.98. The molecule has 2 heterocycles. The minimum absolute atomic E-state index is 0.0353. The highest BCUT2D eigenvalue weighted by Gasteiger charge is 2.19. The zero-order valence-electron chi connectivity index (χ0n) is 11.5. The van der Waals surface area contributed by atoms with Crippen LogP contribution in [0.2, 0.25) is 0 Å². The maximum Gasteiger partial charge on any atom is 0.246 e. The number of hydrogen-bond donors (Lipinski definition) is 1. The van der Waals surface area contributed by atoms with Crippen LogP contribution in [-0.2, 0) is 4.79 Å². The van der Waals surface area contributed by atoms with Gasteiger partial charge in [-0.2, -0.15) is 0 Å². The van der Waals surface area contributed by atoms with Crippen molar-refractivity contribution in [2.75, 3.05) is 19.3 Å². The van der Waals surface area contributed by atoms with Gasteiger partial charge in [-0.3, -0.25) is 4.79 Å². The summed E-state index contributed by atoms with van der Waals surface area (Å²) < 4.78 is 1.94. The highest BCUT2D eigenvalue weighted by atomic mass is 16.2. The van der Waals surface area contributed by atoms with Gasteiger partial charge in [0.2, 0.25) is 5.91 Å². The molecular weight excluding hydrogens is 252 g/mol. The molecule has 1 amide bonds. The number of benzene rings is 1. The number of amides is 1. The van der Waals surface area contributed by atoms with Gasteiger partial charge in [-0.15, -0.1) is 0 Å². The first-order valence-electron chi connectivity index (χ1n) is 6.42. The number of likely N-dealkylation sites (N-methyl/N-ethyl adjacent to an activating group) is 1. The molecule has 0 saturated heterocycles. The smallest absolute Gasteiger partial charge is 0.246 e. The van der Waals surface area contributed by atoms with Gasteiger partial charge in [0.05, 0.1) is 11.4 Å². The van der Waals surface area contributed by atoms with Crippen molar-refractivity contribution >= 4 is 17.2 Å². The Balaban J connectivity index is 1.99. The van der Waals surface area contributed by atoms with Crippen LogP contribution < -0.4 is 5.73 Å². The number of nitrogen functional groups attached to an aromatic ring is 1. The molecule has 0 unspecified atom stereocenters. The molecule has 0 radical (unpaired) electrons. The summed E-state index contributed by atoms with van der Waals surface area (Å²) in [4.78, 5) is 17.4. The van der Waals surface area contributed by atoms with Crippen LogP contribution in [0.3, 0.4) is 0 Å². The van der Waals surface area contributed by atoms with Crippen molar-refractivity contribution in [3.05, 3.63) is 48.1 Å². The van der Waals surface area contributed by atoms with Crippen LogP contribution in [0.25, 0.3) is 11.3 Å². The highest BCUT2D eigenvalue weighted by molar-refractivity contribution is 6.00. The normalized spacial score (nSPS) is 14.8. The third-order valence-electron chi connectivity index (χ3n) is 3.57. The molecule has 0 spiro atoms. The Bertz CT molecular complexity index is 714. The van der Waals surface area contributed by atoms with E-state index in [4.69, 9.17) is 5.73 Å². The summed E-state index contributed by atoms with van der Waals surface area (Å²) in [5.41, 5.74) is 9.71. The molecule has 1 aliphatic rings. The van der Waals surface area contributed by atoms with E-state index in [9.17, 15) is 4.79 Å². The Hall–Kier alpha value is -2.56. The summed E-state index contributed by atoms with van der Waals surface area (Å²) in [6.45, 7) is 2.56. The number of hydrogen-bond acceptors (Lipinski definition) is 3. The molecule has 0 saturated carbocycles. The lowest BCUT2D eigenvalue weighted by Crippen LogP contribution is -2.19. The molecule has 102 valence electrons. The third-order valence-corrected chi connectivity index (χ3v) is 3.57. The lowest BCUT2D eigenvalue weighted by atomic mass is 10.1. The zero-order chi connectivity index (χ0) is 14.3. The zero-order valence-corrected chi connectivity index (χ0v) is 11.5. The number of imidazole rings is 1. The highest BCUT2D eigenvalue weighted by Crippen LogP contribution is 2.26. The molecule has 3 rings (SSSR count). The maximum absolute atomic E-state index is 11.5. The van der Waals surface area contributed by atoms with Gasteiger partial charge in [0.25, 0.3) is 0 Å². The summed E-state index contributed by atoms with van der Waals surface area (Å²) in [6.07, 6.45) is 5.29. The van der Waals surface area contributed by atoms with Crippen molar-refractivity contribution in [2.45, 2.75) is 6.92 Å². The van der Waals surface area contributed by atoms with Crippen molar-refractivity contribution in [1.82, 2.24) is 14.5 Å². The van der Waals surface area contributed by atoms with E-state index >= 15 is 0 Å². The molecule has 5 nitrogen and oxygen atoms in total. The fraction of sp³-hybridized carbons (Fsp3) is 0.200. The monoisotopic (exact) mass is 268 g/mol. The minimum Gasteiger partial charge on any atom is -0.397 e. The van der Waals surface area contributed by atoms with Crippen LogP contribution in [0.15, 0.2) is 36.7 Å². The third kappa shape index (κ3) is 1.97. The number of nitrogens with zero attached hydrogens (tertiary/aromatic N) is 3. The molecule has 2 N–H and O–H groups in total. The molecule has 0 fully saturated rings. The first kappa shape index (κ1) is 12.5. The first-order valence-corrected chi connectivity index (χ1v) is 6.42. The van der Waals surface area contributed by atoms with Gasteiger partial charge in [0.15, 0.2) is 0 Å². The number of rotatable bonds is 2. The van der Waals surface area contributed by atoms with Crippen LogP contribution in [-0.4, -0.2) is 34.0 Å². The van der Waals surface area contributed by atoms with E-state index in [1.807, 2.05) is 35.9 Å². The van der Waals surface area contributed by atoms with Crippen LogP contribution in [0.5, 0.6) is 0 Å². The van der Waals surface area contributed by atoms with Gasteiger partial charge in [0, 0.05) is 32.1 Å². The van der Waals surface area contributed by atoms with E-state index in [0.717, 1.165) is 22.6 Å². The van der Waals surface area contributed by atoms with E-state index in [-0.39, 0.29) is 5.91 Å². The van der Waals surface area contributed by atoms with Gasteiger partial charge in [-0.1, -0.05) is 6.07 Å². The fourth-order valence-corrected chi connectivity index (χ4v) is 2.42. The molecule has 0 aliphatic carbocycles. The fourth-order valence-electron chi connectivity index (χ4n) is 2.42. The quantitative estimate of drug-likeness (QED) is 0.842. The van der Waals surface area contributed by atoms with Crippen LogP contribution in [0.4, 0.5) is 5.69 Å². The number of anilines is 1. The number of carbonyl (C=O) groups is 1. The van der Waals surface area contributed by atoms with Crippen LogP contribution >= 0.6 is 0 Å². The second kappa shape index (κ2) is 4.52. The Morgan fingerprint density at radius 1 is 1.35 bits per heavy atom. The first-order chi connectivity index (χ1) is 9.56. The molecule has 1 aromatic heterocycles. The average molecular weight is 268 g/mol. The maximum atomic E-state index is 11.5. The summed E-state index contributed by atoms with van der Waals surface area (Å²) in [6, 6.07) is 5.86. The molecule has 0 atom stereocenters. The van der Waals surface area contributed by atoms with E-state index in [0.29, 0.717) is 12.2 Å². The van der Waals surface area contributed by atoms with E-state index in [2.05, 4.69) is 4.98 Å². The largest absolute Gasteiger partial charge is 0.397 e. The molecule has 5 heteroatoms. The summed E-state index contributed by atoms with van der Waals surface area (Å²) >= 11 is 0. The Morgan fingerprint density at radius 2 is 2.15 bits per heavy atom. The van der Waals surface area contributed by atoms with Crippen LogP contribution in [0.1, 0.15) is 11.4 Å². The van der Waals surface area contributed by atoms with Gasteiger partial charge < -0.3 is 15.2 Å². The molecule has 1 aliphatic heterocycles. The standard InChI is InChI=1S/C15H16N4O/c1-10-17-5-6-19(10)14-4-3-11(7-13(14)16)12-8-15(20)18(2)9-12/h3-8H,9,16H2,1-2H3. The van der Waals surface area contributed by atoms with Crippen LogP contribution in [0, 0.1) is 6.92 Å². The SMILES string of the molecule is Cc1nccn1-c1ccc(C2=CC(=O)N(C)C2)cc1N. The Kier molecular flexibility index (Phi) is 2.82. The van der Waals surface area contributed by atoms with E-state index < -0.39 is 0 Å². The lowest BCUT2D eigenvalue weighted by Gasteiger charge is -2.12. The number of nitrogens with two attached hydrogens (primary N) is 1. The predicted octanol–water partition coefficient (Wildman–Crippen LogP) is 1.62. The molecular formula is C15H16N4O. The minimum atomic E-state index is 0.0353. The lowest BCUT2D eigenvalue weighted by molar-refractivity contribution is -0.123.